The van der Waals surface area contributed by atoms with Crippen molar-refractivity contribution in [3.63, 3.8) is 0 Å². The van der Waals surface area contributed by atoms with E-state index in [-0.39, 0.29) is 24.0 Å². The van der Waals surface area contributed by atoms with Gasteiger partial charge in [-0.15, -0.1) is 0 Å². The quantitative estimate of drug-likeness (QED) is 0.366. The predicted octanol–water partition coefficient (Wildman–Crippen LogP) is -0.387. The van der Waals surface area contributed by atoms with E-state index in [4.69, 9.17) is 18.9 Å². The summed E-state index contributed by atoms with van der Waals surface area (Å²) in [5.41, 5.74) is 0.514. The van der Waals surface area contributed by atoms with Crippen LogP contribution in [0.25, 0.3) is 11.2 Å². The Balaban J connectivity index is 2.14. The molecule has 5 atom stereocenters. The van der Waals surface area contributed by atoms with E-state index in [1.807, 2.05) is 0 Å². The lowest BCUT2D eigenvalue weighted by molar-refractivity contribution is -0.261. The van der Waals surface area contributed by atoms with E-state index in [9.17, 15) is 24.0 Å². The zero-order chi connectivity index (χ0) is 26.6. The largest absolute Gasteiger partial charge is 0.456 e. The number of imidazole rings is 1. The zero-order valence-electron chi connectivity index (χ0n) is 20.2. The Hall–Kier alpha value is -4.14. The van der Waals surface area contributed by atoms with E-state index in [1.54, 1.807) is 0 Å². The Morgan fingerprint density at radius 3 is 2.08 bits per heavy atom. The normalized spacial score (nSPS) is 23.4. The zero-order valence-corrected chi connectivity index (χ0v) is 20.2. The van der Waals surface area contributed by atoms with Crippen LogP contribution in [0.3, 0.4) is 0 Å². The maximum absolute atomic E-state index is 12.0. The van der Waals surface area contributed by atoms with Crippen molar-refractivity contribution in [2.45, 2.75) is 65.3 Å². The molecule has 0 saturated carbocycles. The number of carbonyl (C=O) groups excluding carboxylic acids is 5. The van der Waals surface area contributed by atoms with Crippen LogP contribution in [-0.2, 0) is 42.9 Å². The molecule has 2 aromatic heterocycles. The molecule has 0 bridgehead atoms. The molecule has 3 rings (SSSR count). The third-order valence-corrected chi connectivity index (χ3v) is 4.95. The summed E-state index contributed by atoms with van der Waals surface area (Å²) in [6.07, 6.45) is -3.40. The van der Waals surface area contributed by atoms with Gasteiger partial charge in [0.15, 0.2) is 30.2 Å². The third kappa shape index (κ3) is 6.29. The van der Waals surface area contributed by atoms with Crippen LogP contribution in [0.2, 0.25) is 0 Å². The van der Waals surface area contributed by atoms with Crippen LogP contribution in [0, 0.1) is 0 Å². The van der Waals surface area contributed by atoms with Crippen LogP contribution in [-0.4, -0.2) is 80.2 Å². The second-order valence-electron chi connectivity index (χ2n) is 7.96. The number of nitrogens with zero attached hydrogens (tertiary/aromatic N) is 4. The van der Waals surface area contributed by atoms with Gasteiger partial charge in [0.05, 0.1) is 12.5 Å². The lowest BCUT2D eigenvalue weighted by Crippen LogP contribution is -2.61. The van der Waals surface area contributed by atoms with Crippen LogP contribution in [0.4, 0.5) is 5.95 Å². The summed E-state index contributed by atoms with van der Waals surface area (Å²) in [5.74, 6) is -2.98. The van der Waals surface area contributed by atoms with Gasteiger partial charge < -0.3 is 24.3 Å². The van der Waals surface area contributed by atoms with Gasteiger partial charge in [-0.1, -0.05) is 0 Å². The molecule has 2 aromatic rings. The molecule has 1 aliphatic heterocycles. The average Bonchev–Trinajstić information content (AvgIpc) is 3.17. The van der Waals surface area contributed by atoms with E-state index in [0.29, 0.717) is 5.52 Å². The van der Waals surface area contributed by atoms with Crippen molar-refractivity contribution >= 4 is 46.8 Å². The van der Waals surface area contributed by atoms with Crippen molar-refractivity contribution in [2.24, 2.45) is 0 Å². The molecule has 36 heavy (non-hydrogen) atoms. The second kappa shape index (κ2) is 11.1. The summed E-state index contributed by atoms with van der Waals surface area (Å²) >= 11 is 0. The molecule has 0 radical (unpaired) electrons. The Labute approximate surface area is 204 Å². The molecule has 3 heterocycles. The SMILES string of the molecule is CC(=O)NC[C@H]1O[C@@H](n2cnc3cnc(NC(C)=O)nc32)[C@H](OC(C)=O)[C@@H](OC(C)=O)[C@@H]1OC(C)=O. The van der Waals surface area contributed by atoms with Gasteiger partial charge in [0.25, 0.3) is 0 Å². The first-order valence-electron chi connectivity index (χ1n) is 10.8. The molecule has 2 N–H and O–H groups in total. The highest BCUT2D eigenvalue weighted by Crippen LogP contribution is 2.35. The first-order valence-corrected chi connectivity index (χ1v) is 10.8. The highest BCUT2D eigenvalue weighted by molar-refractivity contribution is 5.87. The molecule has 2 amide bonds. The maximum atomic E-state index is 12.0. The summed E-state index contributed by atoms with van der Waals surface area (Å²) in [4.78, 5) is 71.5. The van der Waals surface area contributed by atoms with E-state index in [1.165, 1.54) is 30.9 Å². The minimum absolute atomic E-state index is 0.0132. The fourth-order valence-electron chi connectivity index (χ4n) is 3.73. The molecule has 15 nitrogen and oxygen atoms in total. The number of amides is 2. The number of ether oxygens (including phenoxy) is 4. The fourth-order valence-corrected chi connectivity index (χ4v) is 3.73. The topological polar surface area (TPSA) is 190 Å². The fraction of sp³-hybridized carbons (Fsp3) is 0.524. The summed E-state index contributed by atoms with van der Waals surface area (Å²) in [6.45, 7) is 5.88. The number of carbonyl (C=O) groups is 5. The molecule has 1 saturated heterocycles. The van der Waals surface area contributed by atoms with Crippen LogP contribution in [0.15, 0.2) is 12.5 Å². The van der Waals surface area contributed by atoms with Crippen molar-refractivity contribution in [3.05, 3.63) is 12.5 Å². The molecular weight excluding hydrogens is 480 g/mol. The summed E-state index contributed by atoms with van der Waals surface area (Å²) in [6, 6.07) is 0. The number of hydrogen-bond donors (Lipinski definition) is 2. The summed E-state index contributed by atoms with van der Waals surface area (Å²) in [5, 5.41) is 5.04. The lowest BCUT2D eigenvalue weighted by atomic mass is 9.96. The molecule has 194 valence electrons. The van der Waals surface area contributed by atoms with Gasteiger partial charge in [0.2, 0.25) is 17.8 Å². The molecule has 0 aromatic carbocycles. The van der Waals surface area contributed by atoms with Crippen LogP contribution in [0.1, 0.15) is 40.8 Å². The van der Waals surface area contributed by atoms with Crippen molar-refractivity contribution < 1.29 is 42.9 Å². The molecular formula is C21H26N6O9. The minimum atomic E-state index is -1.32. The molecule has 0 aliphatic carbocycles. The van der Waals surface area contributed by atoms with Crippen molar-refractivity contribution in [3.8, 4) is 0 Å². The van der Waals surface area contributed by atoms with E-state index >= 15 is 0 Å². The van der Waals surface area contributed by atoms with Crippen molar-refractivity contribution in [1.82, 2.24) is 24.8 Å². The smallest absolute Gasteiger partial charge is 0.303 e. The molecule has 1 aliphatic rings. The van der Waals surface area contributed by atoms with E-state index < -0.39 is 54.5 Å². The number of fused-ring (bicyclic) bond motifs is 1. The van der Waals surface area contributed by atoms with Crippen LogP contribution >= 0.6 is 0 Å². The average molecular weight is 506 g/mol. The number of hydrogen-bond acceptors (Lipinski definition) is 12. The van der Waals surface area contributed by atoms with Gasteiger partial charge in [0, 0.05) is 41.2 Å². The van der Waals surface area contributed by atoms with Gasteiger partial charge in [-0.3, -0.25) is 33.9 Å². The Bertz CT molecular complexity index is 1180. The molecule has 0 spiro atoms. The second-order valence-corrected chi connectivity index (χ2v) is 7.96. The third-order valence-electron chi connectivity index (χ3n) is 4.95. The van der Waals surface area contributed by atoms with Crippen molar-refractivity contribution in [2.75, 3.05) is 11.9 Å². The molecule has 1 fully saturated rings. The summed E-state index contributed by atoms with van der Waals surface area (Å²) < 4.78 is 23.9. The monoisotopic (exact) mass is 506 g/mol. The highest BCUT2D eigenvalue weighted by Gasteiger charge is 2.52. The van der Waals surface area contributed by atoms with Crippen molar-refractivity contribution in [1.29, 1.82) is 0 Å². The first kappa shape index (κ1) is 26.5. The van der Waals surface area contributed by atoms with Gasteiger partial charge in [-0.05, 0) is 0 Å². The number of rotatable bonds is 7. The minimum Gasteiger partial charge on any atom is -0.456 e. The van der Waals surface area contributed by atoms with Gasteiger partial charge in [0.1, 0.15) is 11.6 Å². The number of nitrogens with one attached hydrogen (secondary N) is 2. The highest BCUT2D eigenvalue weighted by atomic mass is 16.7. The van der Waals surface area contributed by atoms with Crippen LogP contribution in [0.5, 0.6) is 0 Å². The number of aromatic nitrogens is 4. The Morgan fingerprint density at radius 2 is 1.50 bits per heavy atom. The number of anilines is 1. The molecule has 15 heteroatoms. The summed E-state index contributed by atoms with van der Waals surface area (Å²) in [7, 11) is 0. The van der Waals surface area contributed by atoms with E-state index in [0.717, 1.165) is 20.8 Å². The predicted molar refractivity (Wildman–Crippen MR) is 119 cm³/mol. The van der Waals surface area contributed by atoms with Gasteiger partial charge in [-0.25, -0.2) is 9.97 Å². The molecule has 0 unspecified atom stereocenters. The standard InChI is InChI=1S/C21H26N6O9/c1-9(28)22-7-15-16(33-11(3)30)17(34-12(4)31)18(35-13(5)32)20(36-15)27-8-24-14-6-23-21(25-10(2)29)26-19(14)27/h6,8,15-18,20H,7H2,1-5H3,(H,22,28)(H,23,25,26,29)/t15-,16-,17+,18-,20-/m1/s1. The Kier molecular flexibility index (Phi) is 8.14. The van der Waals surface area contributed by atoms with Crippen LogP contribution < -0.4 is 10.6 Å². The van der Waals surface area contributed by atoms with Gasteiger partial charge in [-0.2, -0.15) is 4.98 Å². The lowest BCUT2D eigenvalue weighted by Gasteiger charge is -2.44. The number of esters is 3. The maximum Gasteiger partial charge on any atom is 0.303 e. The van der Waals surface area contributed by atoms with Gasteiger partial charge >= 0.3 is 17.9 Å². The first-order chi connectivity index (χ1) is 17.0. The van der Waals surface area contributed by atoms with E-state index in [2.05, 4.69) is 25.6 Å². The Morgan fingerprint density at radius 1 is 0.889 bits per heavy atom.